The van der Waals surface area contributed by atoms with Crippen molar-refractivity contribution >= 4 is 11.9 Å². The normalized spacial score (nSPS) is 11.7. The van der Waals surface area contributed by atoms with E-state index in [9.17, 15) is 9.59 Å². The zero-order valence-electron chi connectivity index (χ0n) is 11.6. The van der Waals surface area contributed by atoms with Crippen LogP contribution in [0.5, 0.6) is 0 Å². The maximum absolute atomic E-state index is 11.8. The SMILES string of the molecule is COC(=O)C(CNCC(=O)N(C)C)c1ccccc1. The van der Waals surface area contributed by atoms with Crippen molar-refractivity contribution in [2.24, 2.45) is 0 Å². The number of carbonyl (C=O) groups excluding carboxylic acids is 2. The summed E-state index contributed by atoms with van der Waals surface area (Å²) in [5, 5.41) is 2.99. The molecule has 0 aliphatic rings. The molecule has 0 saturated heterocycles. The maximum Gasteiger partial charge on any atom is 0.314 e. The highest BCUT2D eigenvalue weighted by Crippen LogP contribution is 2.16. The minimum atomic E-state index is -0.402. The number of hydrogen-bond donors (Lipinski definition) is 1. The van der Waals surface area contributed by atoms with Gasteiger partial charge in [0.05, 0.1) is 19.6 Å². The third-order valence-electron chi connectivity index (χ3n) is 2.81. The Morgan fingerprint density at radius 2 is 1.89 bits per heavy atom. The molecule has 0 bridgehead atoms. The van der Waals surface area contributed by atoms with E-state index in [4.69, 9.17) is 4.74 Å². The summed E-state index contributed by atoms with van der Waals surface area (Å²) in [4.78, 5) is 24.7. The lowest BCUT2D eigenvalue weighted by atomic mass is 9.99. The molecule has 1 unspecified atom stereocenters. The van der Waals surface area contributed by atoms with Crippen LogP contribution >= 0.6 is 0 Å². The van der Waals surface area contributed by atoms with Gasteiger partial charge < -0.3 is 15.0 Å². The van der Waals surface area contributed by atoms with Crippen LogP contribution in [0.3, 0.4) is 0 Å². The molecule has 104 valence electrons. The fourth-order valence-corrected chi connectivity index (χ4v) is 1.65. The second-order valence-electron chi connectivity index (χ2n) is 4.41. The van der Waals surface area contributed by atoms with Gasteiger partial charge in [-0.1, -0.05) is 30.3 Å². The number of nitrogens with zero attached hydrogens (tertiary/aromatic N) is 1. The second-order valence-corrected chi connectivity index (χ2v) is 4.41. The van der Waals surface area contributed by atoms with Gasteiger partial charge in [0.15, 0.2) is 0 Å². The highest BCUT2D eigenvalue weighted by molar-refractivity contribution is 5.79. The smallest absolute Gasteiger partial charge is 0.314 e. The van der Waals surface area contributed by atoms with Crippen molar-refractivity contribution in [3.63, 3.8) is 0 Å². The highest BCUT2D eigenvalue weighted by atomic mass is 16.5. The van der Waals surface area contributed by atoms with E-state index < -0.39 is 5.92 Å². The summed E-state index contributed by atoms with van der Waals surface area (Å²) in [7, 11) is 4.75. The number of benzene rings is 1. The topological polar surface area (TPSA) is 58.6 Å². The van der Waals surface area contributed by atoms with E-state index >= 15 is 0 Å². The van der Waals surface area contributed by atoms with Gasteiger partial charge in [0.1, 0.15) is 0 Å². The number of methoxy groups -OCH3 is 1. The standard InChI is InChI=1S/C14H20N2O3/c1-16(2)13(17)10-15-9-12(14(18)19-3)11-7-5-4-6-8-11/h4-8,12,15H,9-10H2,1-3H3. The lowest BCUT2D eigenvalue weighted by Crippen LogP contribution is -2.36. The summed E-state index contributed by atoms with van der Waals surface area (Å²) in [6.45, 7) is 0.573. The Labute approximate surface area is 113 Å². The van der Waals surface area contributed by atoms with Crippen LogP contribution in [-0.2, 0) is 14.3 Å². The van der Waals surface area contributed by atoms with Crippen LogP contribution in [0, 0.1) is 0 Å². The van der Waals surface area contributed by atoms with E-state index in [1.807, 2.05) is 30.3 Å². The van der Waals surface area contributed by atoms with Gasteiger partial charge in [0.25, 0.3) is 0 Å². The Balaban J connectivity index is 2.62. The molecule has 1 rings (SSSR count). The van der Waals surface area contributed by atoms with Crippen LogP contribution in [0.15, 0.2) is 30.3 Å². The lowest BCUT2D eigenvalue weighted by Gasteiger charge is -2.17. The van der Waals surface area contributed by atoms with Crippen LogP contribution in [0.4, 0.5) is 0 Å². The van der Waals surface area contributed by atoms with E-state index in [0.717, 1.165) is 5.56 Å². The quantitative estimate of drug-likeness (QED) is 0.765. The predicted octanol–water partition coefficient (Wildman–Crippen LogP) is 0.621. The number of carbonyl (C=O) groups is 2. The predicted molar refractivity (Wildman–Crippen MR) is 72.8 cm³/mol. The molecular formula is C14H20N2O3. The van der Waals surface area contributed by atoms with Gasteiger partial charge in [-0.3, -0.25) is 9.59 Å². The number of nitrogens with one attached hydrogen (secondary N) is 1. The molecule has 5 nitrogen and oxygen atoms in total. The number of likely N-dealkylation sites (N-methyl/N-ethyl adjacent to an activating group) is 1. The summed E-state index contributed by atoms with van der Waals surface area (Å²) >= 11 is 0. The van der Waals surface area contributed by atoms with Crippen molar-refractivity contribution in [2.45, 2.75) is 5.92 Å². The van der Waals surface area contributed by atoms with Gasteiger partial charge >= 0.3 is 5.97 Å². The van der Waals surface area contributed by atoms with Crippen molar-refractivity contribution in [1.82, 2.24) is 10.2 Å². The third-order valence-corrected chi connectivity index (χ3v) is 2.81. The van der Waals surface area contributed by atoms with E-state index in [1.165, 1.54) is 12.0 Å². The Kier molecular flexibility index (Phi) is 6.02. The number of ether oxygens (including phenoxy) is 1. The number of amides is 1. The summed E-state index contributed by atoms with van der Waals surface area (Å²) in [5.41, 5.74) is 0.874. The fourth-order valence-electron chi connectivity index (χ4n) is 1.65. The van der Waals surface area contributed by atoms with Crippen molar-refractivity contribution in [3.8, 4) is 0 Å². The molecule has 0 radical (unpaired) electrons. The third kappa shape index (κ3) is 4.71. The maximum atomic E-state index is 11.8. The molecule has 1 aromatic carbocycles. The molecule has 1 aromatic rings. The second kappa shape index (κ2) is 7.53. The minimum absolute atomic E-state index is 0.0309. The van der Waals surface area contributed by atoms with Crippen molar-refractivity contribution in [2.75, 3.05) is 34.3 Å². The first-order chi connectivity index (χ1) is 9.06. The molecule has 0 aliphatic carbocycles. The van der Waals surface area contributed by atoms with Crippen molar-refractivity contribution < 1.29 is 14.3 Å². The molecule has 0 saturated carbocycles. The average Bonchev–Trinajstić information content (AvgIpc) is 2.43. The van der Waals surface area contributed by atoms with E-state index in [0.29, 0.717) is 6.54 Å². The first-order valence-corrected chi connectivity index (χ1v) is 6.10. The molecule has 1 amide bonds. The largest absolute Gasteiger partial charge is 0.469 e. The molecule has 1 N–H and O–H groups in total. The van der Waals surface area contributed by atoms with Crippen molar-refractivity contribution in [1.29, 1.82) is 0 Å². The van der Waals surface area contributed by atoms with Gasteiger partial charge in [-0.05, 0) is 5.56 Å². The summed E-state index contributed by atoms with van der Waals surface area (Å²) in [6, 6.07) is 9.38. The summed E-state index contributed by atoms with van der Waals surface area (Å²) < 4.78 is 4.80. The van der Waals surface area contributed by atoms with E-state index in [-0.39, 0.29) is 18.4 Å². The Bertz CT molecular complexity index is 418. The van der Waals surface area contributed by atoms with Crippen LogP contribution in [0.2, 0.25) is 0 Å². The highest BCUT2D eigenvalue weighted by Gasteiger charge is 2.21. The molecule has 19 heavy (non-hydrogen) atoms. The average molecular weight is 264 g/mol. The summed E-state index contributed by atoms with van der Waals surface area (Å²) in [6.07, 6.45) is 0. The van der Waals surface area contributed by atoms with Crippen molar-refractivity contribution in [3.05, 3.63) is 35.9 Å². The zero-order chi connectivity index (χ0) is 14.3. The number of rotatable bonds is 6. The molecule has 1 atom stereocenters. The first kappa shape index (κ1) is 15.2. The Morgan fingerprint density at radius 3 is 2.42 bits per heavy atom. The zero-order valence-corrected chi connectivity index (χ0v) is 11.6. The van der Waals surface area contributed by atoms with Crippen LogP contribution in [0.25, 0.3) is 0 Å². The molecule has 5 heteroatoms. The molecule has 0 fully saturated rings. The van der Waals surface area contributed by atoms with Crippen LogP contribution in [0.1, 0.15) is 11.5 Å². The van der Waals surface area contributed by atoms with E-state index in [1.54, 1.807) is 14.1 Å². The number of esters is 1. The molecule has 0 aromatic heterocycles. The van der Waals surface area contributed by atoms with Crippen LogP contribution < -0.4 is 5.32 Å². The monoisotopic (exact) mass is 264 g/mol. The number of hydrogen-bond acceptors (Lipinski definition) is 4. The minimum Gasteiger partial charge on any atom is -0.469 e. The Hall–Kier alpha value is -1.88. The molecular weight excluding hydrogens is 244 g/mol. The van der Waals surface area contributed by atoms with Gasteiger partial charge in [-0.2, -0.15) is 0 Å². The first-order valence-electron chi connectivity index (χ1n) is 6.10. The molecule has 0 aliphatic heterocycles. The van der Waals surface area contributed by atoms with Crippen LogP contribution in [-0.4, -0.2) is 51.1 Å². The van der Waals surface area contributed by atoms with Gasteiger partial charge in [-0.15, -0.1) is 0 Å². The Morgan fingerprint density at radius 1 is 1.26 bits per heavy atom. The summed E-state index contributed by atoms with van der Waals surface area (Å²) in [5.74, 6) is -0.742. The molecule has 0 heterocycles. The fraction of sp³-hybridized carbons (Fsp3) is 0.429. The molecule has 0 spiro atoms. The van der Waals surface area contributed by atoms with Gasteiger partial charge in [0.2, 0.25) is 5.91 Å². The lowest BCUT2D eigenvalue weighted by molar-refractivity contribution is -0.142. The van der Waals surface area contributed by atoms with E-state index in [2.05, 4.69) is 5.32 Å². The van der Waals surface area contributed by atoms with Gasteiger partial charge in [0, 0.05) is 20.6 Å². The van der Waals surface area contributed by atoms with Gasteiger partial charge in [-0.25, -0.2) is 0 Å².